The lowest BCUT2D eigenvalue weighted by Crippen LogP contribution is -2.40. The van der Waals surface area contributed by atoms with Crippen LogP contribution in [0.15, 0.2) is 94.9 Å². The molecule has 0 aromatic heterocycles. The average molecular weight is 466 g/mol. The first-order chi connectivity index (χ1) is 16.0. The Balaban J connectivity index is 1.67. The Morgan fingerprint density at radius 1 is 0.970 bits per heavy atom. The van der Waals surface area contributed by atoms with Crippen molar-refractivity contribution >= 4 is 22.1 Å². The molecule has 0 saturated carbocycles. The van der Waals surface area contributed by atoms with Crippen LogP contribution < -0.4 is 10.2 Å². The number of nitrogens with one attached hydrogen (secondary N) is 1. The number of benzene rings is 3. The van der Waals surface area contributed by atoms with E-state index >= 15 is 0 Å². The number of amides is 1. The maximum Gasteiger partial charge on any atom is 0.255 e. The van der Waals surface area contributed by atoms with Crippen LogP contribution in [0, 0.1) is 0 Å². The lowest BCUT2D eigenvalue weighted by molar-refractivity contribution is -0.121. The molecule has 1 amide bonds. The molecule has 8 heteroatoms. The van der Waals surface area contributed by atoms with Crippen LogP contribution in [0.4, 0.5) is 0 Å². The fraction of sp³-hybridized carbons (Fsp3) is 0.200. The molecule has 0 fully saturated rings. The van der Waals surface area contributed by atoms with Crippen molar-refractivity contribution in [3.8, 4) is 5.75 Å². The molecule has 7 nitrogen and oxygen atoms in total. The van der Waals surface area contributed by atoms with Crippen molar-refractivity contribution in [3.63, 3.8) is 0 Å². The van der Waals surface area contributed by atoms with Crippen molar-refractivity contribution in [1.82, 2.24) is 9.73 Å². The standard InChI is InChI=1S/C25H27N3O4S/c1-2-32-23-15-13-22(14-16-23)19-26-27-25(29)20-28(18-17-21-9-5-3-6-10-21)33(30,31)24-11-7-4-8-12-24/h3-16,19H,2,17-18,20H2,1H3,(H,27,29)/b26-19-. The summed E-state index contributed by atoms with van der Waals surface area (Å²) in [5.74, 6) is 0.226. The van der Waals surface area contributed by atoms with Crippen molar-refractivity contribution in [3.05, 3.63) is 96.1 Å². The number of sulfonamides is 1. The van der Waals surface area contributed by atoms with Crippen LogP contribution in [-0.4, -0.2) is 44.5 Å². The Labute approximate surface area is 194 Å². The number of hydrogen-bond donors (Lipinski definition) is 1. The third kappa shape index (κ3) is 7.27. The highest BCUT2D eigenvalue weighted by atomic mass is 32.2. The summed E-state index contributed by atoms with van der Waals surface area (Å²) in [6, 6.07) is 24.9. The number of hydrogen-bond acceptors (Lipinski definition) is 5. The zero-order chi connectivity index (χ0) is 23.5. The van der Waals surface area contributed by atoms with Gasteiger partial charge in [0, 0.05) is 6.54 Å². The third-order valence-corrected chi connectivity index (χ3v) is 6.65. The number of carbonyl (C=O) groups is 1. The van der Waals surface area contributed by atoms with E-state index in [-0.39, 0.29) is 18.0 Å². The predicted octanol–water partition coefficient (Wildman–Crippen LogP) is 3.47. The quantitative estimate of drug-likeness (QED) is 0.347. The van der Waals surface area contributed by atoms with Gasteiger partial charge in [0.2, 0.25) is 10.0 Å². The minimum Gasteiger partial charge on any atom is -0.494 e. The van der Waals surface area contributed by atoms with E-state index < -0.39 is 15.9 Å². The van der Waals surface area contributed by atoms with Gasteiger partial charge in [-0.25, -0.2) is 13.8 Å². The molecule has 0 aliphatic heterocycles. The van der Waals surface area contributed by atoms with E-state index in [0.717, 1.165) is 16.9 Å². The highest BCUT2D eigenvalue weighted by molar-refractivity contribution is 7.89. The van der Waals surface area contributed by atoms with E-state index in [1.807, 2.05) is 61.5 Å². The lowest BCUT2D eigenvalue weighted by atomic mass is 10.1. The summed E-state index contributed by atoms with van der Waals surface area (Å²) in [5, 5.41) is 3.96. The second-order valence-corrected chi connectivity index (χ2v) is 9.12. The summed E-state index contributed by atoms with van der Waals surface area (Å²) in [6.07, 6.45) is 1.98. The zero-order valence-corrected chi connectivity index (χ0v) is 19.2. The van der Waals surface area contributed by atoms with Crippen molar-refractivity contribution < 1.29 is 17.9 Å². The Morgan fingerprint density at radius 3 is 2.24 bits per heavy atom. The summed E-state index contributed by atoms with van der Waals surface area (Å²) >= 11 is 0. The minimum atomic E-state index is -3.85. The minimum absolute atomic E-state index is 0.142. The molecule has 0 bridgehead atoms. The molecule has 3 aromatic carbocycles. The summed E-state index contributed by atoms with van der Waals surface area (Å²) in [4.78, 5) is 12.7. The largest absolute Gasteiger partial charge is 0.494 e. The van der Waals surface area contributed by atoms with Gasteiger partial charge in [0.25, 0.3) is 5.91 Å². The Bertz CT molecular complexity index is 1150. The molecule has 0 spiro atoms. The van der Waals surface area contributed by atoms with Gasteiger partial charge in [-0.2, -0.15) is 9.41 Å². The Hall–Kier alpha value is -3.49. The molecular weight excluding hydrogens is 438 g/mol. The first-order valence-electron chi connectivity index (χ1n) is 10.6. The molecule has 3 aromatic rings. The maximum absolute atomic E-state index is 13.2. The molecule has 0 aliphatic rings. The van der Waals surface area contributed by atoms with Crippen LogP contribution in [-0.2, 0) is 21.2 Å². The van der Waals surface area contributed by atoms with Gasteiger partial charge in [0.15, 0.2) is 0 Å². The van der Waals surface area contributed by atoms with E-state index in [9.17, 15) is 13.2 Å². The first-order valence-corrected chi connectivity index (χ1v) is 12.1. The van der Waals surface area contributed by atoms with E-state index in [1.54, 1.807) is 18.2 Å². The SMILES string of the molecule is CCOc1ccc(/C=N\NC(=O)CN(CCc2ccccc2)S(=O)(=O)c2ccccc2)cc1. The van der Waals surface area contributed by atoms with Crippen LogP contribution >= 0.6 is 0 Å². The topological polar surface area (TPSA) is 88.1 Å². The van der Waals surface area contributed by atoms with Crippen LogP contribution in [0.2, 0.25) is 0 Å². The molecule has 0 heterocycles. The molecular formula is C25H27N3O4S. The van der Waals surface area contributed by atoms with E-state index in [4.69, 9.17) is 4.74 Å². The molecule has 0 unspecified atom stereocenters. The van der Waals surface area contributed by atoms with Crippen molar-refractivity contribution in [1.29, 1.82) is 0 Å². The van der Waals surface area contributed by atoms with Crippen LogP contribution in [0.5, 0.6) is 5.75 Å². The van der Waals surface area contributed by atoms with Crippen molar-refractivity contribution in [2.75, 3.05) is 19.7 Å². The smallest absolute Gasteiger partial charge is 0.255 e. The Kier molecular flexibility index (Phi) is 8.74. The molecule has 3 rings (SSSR count). The lowest BCUT2D eigenvalue weighted by Gasteiger charge is -2.21. The summed E-state index contributed by atoms with van der Waals surface area (Å²) in [7, 11) is -3.85. The summed E-state index contributed by atoms with van der Waals surface area (Å²) in [5.41, 5.74) is 4.18. The number of nitrogens with zero attached hydrogens (tertiary/aromatic N) is 2. The van der Waals surface area contributed by atoms with Crippen LogP contribution in [0.1, 0.15) is 18.1 Å². The van der Waals surface area contributed by atoms with Crippen molar-refractivity contribution in [2.24, 2.45) is 5.10 Å². The van der Waals surface area contributed by atoms with Crippen molar-refractivity contribution in [2.45, 2.75) is 18.2 Å². The van der Waals surface area contributed by atoms with Gasteiger partial charge in [0.1, 0.15) is 5.75 Å². The normalized spacial score (nSPS) is 11.6. The number of carbonyl (C=O) groups excluding carboxylic acids is 1. The highest BCUT2D eigenvalue weighted by Crippen LogP contribution is 2.16. The fourth-order valence-corrected chi connectivity index (χ4v) is 4.53. The van der Waals surface area contributed by atoms with Gasteiger partial charge in [-0.05, 0) is 60.9 Å². The van der Waals surface area contributed by atoms with Gasteiger partial charge in [-0.3, -0.25) is 4.79 Å². The second kappa shape index (κ2) is 11.9. The molecule has 0 saturated heterocycles. The number of ether oxygens (including phenoxy) is 1. The Morgan fingerprint density at radius 2 is 1.61 bits per heavy atom. The third-order valence-electron chi connectivity index (χ3n) is 4.79. The maximum atomic E-state index is 13.2. The summed E-state index contributed by atoms with van der Waals surface area (Å²) in [6.45, 7) is 2.31. The van der Waals surface area contributed by atoms with Gasteiger partial charge >= 0.3 is 0 Å². The average Bonchev–Trinajstić information content (AvgIpc) is 2.84. The van der Waals surface area contributed by atoms with Gasteiger partial charge in [-0.15, -0.1) is 0 Å². The van der Waals surface area contributed by atoms with Gasteiger partial charge < -0.3 is 4.74 Å². The zero-order valence-electron chi connectivity index (χ0n) is 18.4. The predicted molar refractivity (Wildman–Crippen MR) is 129 cm³/mol. The van der Waals surface area contributed by atoms with E-state index in [2.05, 4.69) is 10.5 Å². The monoisotopic (exact) mass is 465 g/mol. The molecule has 0 aliphatic carbocycles. The molecule has 172 valence electrons. The van der Waals surface area contributed by atoms with Gasteiger partial charge in [-0.1, -0.05) is 48.5 Å². The van der Waals surface area contributed by atoms with Crippen LogP contribution in [0.3, 0.4) is 0 Å². The molecule has 0 radical (unpaired) electrons. The van der Waals surface area contributed by atoms with E-state index in [0.29, 0.717) is 13.0 Å². The number of hydrazone groups is 1. The number of rotatable bonds is 11. The first kappa shape index (κ1) is 24.2. The van der Waals surface area contributed by atoms with E-state index in [1.165, 1.54) is 22.7 Å². The molecule has 33 heavy (non-hydrogen) atoms. The second-order valence-electron chi connectivity index (χ2n) is 7.18. The molecule has 0 atom stereocenters. The molecule has 1 N–H and O–H groups in total. The summed E-state index contributed by atoms with van der Waals surface area (Å²) < 4.78 is 32.9. The van der Waals surface area contributed by atoms with Crippen LogP contribution in [0.25, 0.3) is 0 Å². The fourth-order valence-electron chi connectivity index (χ4n) is 3.12. The highest BCUT2D eigenvalue weighted by Gasteiger charge is 2.26. The van der Waals surface area contributed by atoms with Gasteiger partial charge in [0.05, 0.1) is 24.3 Å².